The number of nitrogens with one attached hydrogen (secondary N) is 2. The van der Waals surface area contributed by atoms with Gasteiger partial charge in [-0.25, -0.2) is 4.39 Å². The van der Waals surface area contributed by atoms with Gasteiger partial charge in [0, 0.05) is 42.0 Å². The van der Waals surface area contributed by atoms with Crippen molar-refractivity contribution in [2.45, 2.75) is 19.9 Å². The SMILES string of the molecule is Cc1cccc(NC(=O)c2cccc(N3CC(C(=O)NCc4ccccc4F)CC3=O)c2)c1. The van der Waals surface area contributed by atoms with Crippen molar-refractivity contribution in [1.82, 2.24) is 5.32 Å². The largest absolute Gasteiger partial charge is 0.352 e. The molecule has 33 heavy (non-hydrogen) atoms. The normalized spacial score (nSPS) is 15.4. The molecule has 1 atom stereocenters. The molecule has 3 aromatic carbocycles. The van der Waals surface area contributed by atoms with E-state index in [-0.39, 0.29) is 43.0 Å². The first-order chi connectivity index (χ1) is 15.9. The van der Waals surface area contributed by atoms with Crippen molar-refractivity contribution >= 4 is 29.1 Å². The van der Waals surface area contributed by atoms with Gasteiger partial charge in [-0.2, -0.15) is 0 Å². The van der Waals surface area contributed by atoms with Gasteiger partial charge >= 0.3 is 0 Å². The van der Waals surface area contributed by atoms with Gasteiger partial charge < -0.3 is 15.5 Å². The molecule has 1 aliphatic heterocycles. The summed E-state index contributed by atoms with van der Waals surface area (Å²) in [6.07, 6.45) is 0.0584. The lowest BCUT2D eigenvalue weighted by atomic mass is 10.1. The monoisotopic (exact) mass is 445 g/mol. The first-order valence-corrected chi connectivity index (χ1v) is 10.7. The molecule has 0 saturated carbocycles. The van der Waals surface area contributed by atoms with Gasteiger partial charge in [-0.15, -0.1) is 0 Å². The second-order valence-corrected chi connectivity index (χ2v) is 8.09. The van der Waals surface area contributed by atoms with Gasteiger partial charge in [0.15, 0.2) is 0 Å². The Morgan fingerprint density at radius 3 is 2.61 bits per heavy atom. The molecule has 6 nitrogen and oxygen atoms in total. The zero-order valence-electron chi connectivity index (χ0n) is 18.2. The number of aryl methyl sites for hydroxylation is 1. The van der Waals surface area contributed by atoms with E-state index in [1.165, 1.54) is 11.0 Å². The zero-order chi connectivity index (χ0) is 23.4. The van der Waals surface area contributed by atoms with Crippen molar-refractivity contribution in [3.05, 3.63) is 95.3 Å². The Labute approximate surface area is 191 Å². The van der Waals surface area contributed by atoms with Crippen molar-refractivity contribution in [3.8, 4) is 0 Å². The van der Waals surface area contributed by atoms with E-state index >= 15 is 0 Å². The smallest absolute Gasteiger partial charge is 0.255 e. The molecule has 1 heterocycles. The van der Waals surface area contributed by atoms with Crippen LogP contribution in [0.1, 0.15) is 27.9 Å². The van der Waals surface area contributed by atoms with Gasteiger partial charge in [0.05, 0.1) is 5.92 Å². The van der Waals surface area contributed by atoms with Crippen molar-refractivity contribution in [2.24, 2.45) is 5.92 Å². The fourth-order valence-corrected chi connectivity index (χ4v) is 3.84. The summed E-state index contributed by atoms with van der Waals surface area (Å²) < 4.78 is 13.8. The quantitative estimate of drug-likeness (QED) is 0.601. The van der Waals surface area contributed by atoms with Gasteiger partial charge in [0.2, 0.25) is 11.8 Å². The highest BCUT2D eigenvalue weighted by Gasteiger charge is 2.35. The van der Waals surface area contributed by atoms with Gasteiger partial charge in [-0.05, 0) is 48.9 Å². The van der Waals surface area contributed by atoms with Crippen LogP contribution in [0.2, 0.25) is 0 Å². The molecule has 2 N–H and O–H groups in total. The number of halogens is 1. The Kier molecular flexibility index (Phi) is 6.49. The topological polar surface area (TPSA) is 78.5 Å². The zero-order valence-corrected chi connectivity index (χ0v) is 18.2. The summed E-state index contributed by atoms with van der Waals surface area (Å²) in [6, 6.07) is 20.5. The van der Waals surface area contributed by atoms with E-state index in [1.807, 2.05) is 31.2 Å². The molecular formula is C26H24FN3O3. The van der Waals surface area contributed by atoms with Crippen LogP contribution in [0.5, 0.6) is 0 Å². The Bertz CT molecular complexity index is 1210. The Hall–Kier alpha value is -4.00. The molecule has 1 fully saturated rings. The van der Waals surface area contributed by atoms with E-state index in [0.717, 1.165) is 5.56 Å². The Morgan fingerprint density at radius 2 is 1.82 bits per heavy atom. The van der Waals surface area contributed by atoms with Crippen LogP contribution in [0.4, 0.5) is 15.8 Å². The minimum absolute atomic E-state index is 0.0584. The van der Waals surface area contributed by atoms with Crippen LogP contribution in [0.15, 0.2) is 72.8 Å². The van der Waals surface area contributed by atoms with Crippen LogP contribution in [-0.4, -0.2) is 24.3 Å². The maximum Gasteiger partial charge on any atom is 0.255 e. The molecule has 168 valence electrons. The number of benzene rings is 3. The number of amides is 3. The lowest BCUT2D eigenvalue weighted by molar-refractivity contribution is -0.126. The second kappa shape index (κ2) is 9.65. The van der Waals surface area contributed by atoms with Crippen molar-refractivity contribution in [3.63, 3.8) is 0 Å². The number of hydrogen-bond acceptors (Lipinski definition) is 3. The molecule has 1 unspecified atom stereocenters. The van der Waals surface area contributed by atoms with E-state index in [2.05, 4.69) is 10.6 Å². The van der Waals surface area contributed by atoms with Crippen LogP contribution in [0.3, 0.4) is 0 Å². The average Bonchev–Trinajstić information content (AvgIpc) is 3.20. The van der Waals surface area contributed by atoms with Gasteiger partial charge in [0.1, 0.15) is 5.82 Å². The molecule has 0 bridgehead atoms. The summed E-state index contributed by atoms with van der Waals surface area (Å²) >= 11 is 0. The molecule has 3 aromatic rings. The Morgan fingerprint density at radius 1 is 1.03 bits per heavy atom. The van der Waals surface area contributed by atoms with Crippen molar-refractivity contribution in [2.75, 3.05) is 16.8 Å². The number of nitrogens with zero attached hydrogens (tertiary/aromatic N) is 1. The molecular weight excluding hydrogens is 421 g/mol. The van der Waals surface area contributed by atoms with E-state index in [9.17, 15) is 18.8 Å². The first-order valence-electron chi connectivity index (χ1n) is 10.7. The molecule has 1 saturated heterocycles. The summed E-state index contributed by atoms with van der Waals surface area (Å²) in [7, 11) is 0. The highest BCUT2D eigenvalue weighted by Crippen LogP contribution is 2.26. The van der Waals surface area contributed by atoms with Gasteiger partial charge in [0.25, 0.3) is 5.91 Å². The third kappa shape index (κ3) is 5.26. The fourth-order valence-electron chi connectivity index (χ4n) is 3.84. The highest BCUT2D eigenvalue weighted by molar-refractivity contribution is 6.06. The highest BCUT2D eigenvalue weighted by atomic mass is 19.1. The first kappa shape index (κ1) is 22.2. The number of anilines is 2. The number of carbonyl (C=O) groups excluding carboxylic acids is 3. The molecule has 7 heteroatoms. The summed E-state index contributed by atoms with van der Waals surface area (Å²) in [5.74, 6) is -1.72. The predicted octanol–water partition coefficient (Wildman–Crippen LogP) is 4.06. The molecule has 1 aliphatic rings. The van der Waals surface area contributed by atoms with Crippen molar-refractivity contribution in [1.29, 1.82) is 0 Å². The Balaban J connectivity index is 1.41. The molecule has 3 amide bonds. The van der Waals surface area contributed by atoms with E-state index in [1.54, 1.807) is 42.5 Å². The van der Waals surface area contributed by atoms with Crippen LogP contribution in [0, 0.1) is 18.7 Å². The minimum atomic E-state index is -0.547. The van der Waals surface area contributed by atoms with Crippen LogP contribution in [0.25, 0.3) is 0 Å². The lowest BCUT2D eigenvalue weighted by Gasteiger charge is -2.18. The molecule has 0 aromatic heterocycles. The standard InChI is InChI=1S/C26H24FN3O3/c1-17-6-4-9-21(12-17)29-26(33)18-8-5-10-22(13-18)30-16-20(14-24(30)31)25(32)28-15-19-7-2-3-11-23(19)27/h2-13,20H,14-16H2,1H3,(H,28,32)(H,29,33). The number of hydrogen-bond donors (Lipinski definition) is 2. The number of rotatable bonds is 6. The molecule has 0 radical (unpaired) electrons. The van der Waals surface area contributed by atoms with Crippen LogP contribution >= 0.6 is 0 Å². The average molecular weight is 445 g/mol. The molecule has 0 aliphatic carbocycles. The summed E-state index contributed by atoms with van der Waals surface area (Å²) in [5, 5.41) is 5.57. The van der Waals surface area contributed by atoms with Crippen molar-refractivity contribution < 1.29 is 18.8 Å². The maximum atomic E-state index is 13.8. The molecule has 0 spiro atoms. The van der Waals surface area contributed by atoms with E-state index in [0.29, 0.717) is 22.5 Å². The second-order valence-electron chi connectivity index (χ2n) is 8.09. The summed E-state index contributed by atoms with van der Waals surface area (Å²) in [5.41, 5.74) is 3.08. The van der Waals surface area contributed by atoms with Gasteiger partial charge in [-0.1, -0.05) is 36.4 Å². The summed E-state index contributed by atoms with van der Waals surface area (Å²) in [6.45, 7) is 2.20. The predicted molar refractivity (Wildman–Crippen MR) is 124 cm³/mol. The third-order valence-electron chi connectivity index (χ3n) is 5.60. The molecule has 4 rings (SSSR count). The van der Waals surface area contributed by atoms with Crippen LogP contribution in [-0.2, 0) is 16.1 Å². The van der Waals surface area contributed by atoms with E-state index in [4.69, 9.17) is 0 Å². The van der Waals surface area contributed by atoms with Crippen LogP contribution < -0.4 is 15.5 Å². The lowest BCUT2D eigenvalue weighted by Crippen LogP contribution is -2.32. The minimum Gasteiger partial charge on any atom is -0.352 e. The third-order valence-corrected chi connectivity index (χ3v) is 5.60. The van der Waals surface area contributed by atoms with Gasteiger partial charge in [-0.3, -0.25) is 14.4 Å². The van der Waals surface area contributed by atoms with E-state index < -0.39 is 5.92 Å². The summed E-state index contributed by atoms with van der Waals surface area (Å²) in [4.78, 5) is 39.4. The maximum absolute atomic E-state index is 13.8. The number of carbonyl (C=O) groups is 3. The fraction of sp³-hybridized carbons (Fsp3) is 0.192.